The van der Waals surface area contributed by atoms with E-state index in [9.17, 15) is 4.79 Å². The Kier molecular flexibility index (Phi) is 9.59. The van der Waals surface area contributed by atoms with Crippen molar-refractivity contribution in [3.05, 3.63) is 130 Å². The molecule has 2 aliphatic rings. The Hall–Kier alpha value is -3.59. The molecule has 1 saturated carbocycles. The van der Waals surface area contributed by atoms with E-state index in [0.717, 1.165) is 18.7 Å². The molecule has 0 unspecified atom stereocenters. The zero-order valence-electron chi connectivity index (χ0n) is 28.8. The van der Waals surface area contributed by atoms with Crippen LogP contribution in [0.5, 0.6) is 0 Å². The number of carbonyl (C=O) groups is 1. The highest BCUT2D eigenvalue weighted by molar-refractivity contribution is 5.91. The van der Waals surface area contributed by atoms with Gasteiger partial charge in [0.1, 0.15) is 5.76 Å². The third-order valence-electron chi connectivity index (χ3n) is 11.1. The summed E-state index contributed by atoms with van der Waals surface area (Å²) < 4.78 is 6.40. The second kappa shape index (κ2) is 13.6. The molecule has 3 nitrogen and oxygen atoms in total. The number of hydrogen-bond donors (Lipinski definition) is 0. The predicted molar refractivity (Wildman–Crippen MR) is 190 cm³/mol. The minimum atomic E-state index is 0.0294. The van der Waals surface area contributed by atoms with Gasteiger partial charge in [-0.3, -0.25) is 4.79 Å². The summed E-state index contributed by atoms with van der Waals surface area (Å²) in [5.41, 5.74) is 8.51. The van der Waals surface area contributed by atoms with Crippen LogP contribution < -0.4 is 0 Å². The van der Waals surface area contributed by atoms with Crippen LogP contribution in [0.15, 0.2) is 89.3 Å². The van der Waals surface area contributed by atoms with E-state index in [1.165, 1.54) is 78.3 Å². The highest BCUT2D eigenvalue weighted by atomic mass is 16.4. The summed E-state index contributed by atoms with van der Waals surface area (Å²) in [5.74, 6) is 2.16. The molecule has 0 spiro atoms. The van der Waals surface area contributed by atoms with Crippen LogP contribution in [0.3, 0.4) is 0 Å². The van der Waals surface area contributed by atoms with Gasteiger partial charge in [0, 0.05) is 25.4 Å². The van der Waals surface area contributed by atoms with Crippen molar-refractivity contribution in [3.63, 3.8) is 0 Å². The topological polar surface area (TPSA) is 33.5 Å². The number of rotatable bonds is 10. The Morgan fingerprint density at radius 3 is 2.00 bits per heavy atom. The van der Waals surface area contributed by atoms with Gasteiger partial charge >= 0.3 is 0 Å². The van der Waals surface area contributed by atoms with Crippen molar-refractivity contribution in [2.24, 2.45) is 5.92 Å². The Bertz CT molecular complexity index is 1570. The van der Waals surface area contributed by atoms with Gasteiger partial charge in [-0.15, -0.1) is 0 Å². The second-order valence-corrected chi connectivity index (χ2v) is 15.5. The average molecular weight is 616 g/mol. The molecule has 0 bridgehead atoms. The second-order valence-electron chi connectivity index (χ2n) is 15.5. The quantitative estimate of drug-likeness (QED) is 0.178. The lowest BCUT2D eigenvalue weighted by Crippen LogP contribution is -2.37. The highest BCUT2D eigenvalue weighted by Gasteiger charge is 2.37. The van der Waals surface area contributed by atoms with Crippen molar-refractivity contribution in [3.8, 4) is 0 Å². The number of nitrogens with zero attached hydrogens (tertiary/aromatic N) is 1. The molecular formula is C43H53NO2. The van der Waals surface area contributed by atoms with Gasteiger partial charge in [-0.2, -0.15) is 0 Å². The summed E-state index contributed by atoms with van der Waals surface area (Å²) in [6.45, 7) is 13.3. The lowest BCUT2D eigenvalue weighted by molar-refractivity contribution is 0.0675. The first-order valence-corrected chi connectivity index (χ1v) is 17.7. The summed E-state index contributed by atoms with van der Waals surface area (Å²) in [5, 5.41) is 0. The van der Waals surface area contributed by atoms with E-state index in [-0.39, 0.29) is 22.7 Å². The van der Waals surface area contributed by atoms with E-state index in [0.29, 0.717) is 24.6 Å². The number of fused-ring (bicyclic) bond motifs is 1. The average Bonchev–Trinajstić information content (AvgIpc) is 3.53. The first-order chi connectivity index (χ1) is 22.1. The Labute approximate surface area is 277 Å². The van der Waals surface area contributed by atoms with E-state index in [1.807, 2.05) is 12.1 Å². The number of carbonyl (C=O) groups excluding carboxylic acids is 1. The van der Waals surface area contributed by atoms with E-state index >= 15 is 0 Å². The summed E-state index contributed by atoms with van der Waals surface area (Å²) in [4.78, 5) is 16.3. The van der Waals surface area contributed by atoms with Gasteiger partial charge in [0.2, 0.25) is 0 Å². The van der Waals surface area contributed by atoms with Crippen LogP contribution in [-0.2, 0) is 17.3 Å². The molecule has 4 aromatic rings. The SMILES string of the molecule is Cc1cc2c(cc1Cc1ccc(C(=O)N(CCC(c3ccccc3)c3ccccc3)CC3CCCCC3)o1)C(C)(C)CCC2(C)C. The third-order valence-corrected chi connectivity index (χ3v) is 11.1. The van der Waals surface area contributed by atoms with Crippen LogP contribution in [0, 0.1) is 12.8 Å². The molecule has 46 heavy (non-hydrogen) atoms. The maximum absolute atomic E-state index is 14.2. The molecule has 2 aliphatic carbocycles. The molecule has 1 amide bonds. The van der Waals surface area contributed by atoms with Gasteiger partial charge in [-0.05, 0) is 101 Å². The minimum Gasteiger partial charge on any atom is -0.456 e. The predicted octanol–water partition coefficient (Wildman–Crippen LogP) is 10.8. The fourth-order valence-corrected chi connectivity index (χ4v) is 8.03. The highest BCUT2D eigenvalue weighted by Crippen LogP contribution is 2.46. The van der Waals surface area contributed by atoms with Crippen molar-refractivity contribution < 1.29 is 9.21 Å². The molecule has 1 aromatic heterocycles. The molecule has 6 rings (SSSR count). The molecule has 0 radical (unpaired) electrons. The maximum Gasteiger partial charge on any atom is 0.289 e. The summed E-state index contributed by atoms with van der Waals surface area (Å²) >= 11 is 0. The maximum atomic E-state index is 14.2. The van der Waals surface area contributed by atoms with Gasteiger partial charge in [0.15, 0.2) is 5.76 Å². The summed E-state index contributed by atoms with van der Waals surface area (Å²) in [7, 11) is 0. The van der Waals surface area contributed by atoms with Gasteiger partial charge in [-0.1, -0.05) is 120 Å². The van der Waals surface area contributed by atoms with Crippen molar-refractivity contribution in [2.75, 3.05) is 13.1 Å². The molecule has 1 heterocycles. The van der Waals surface area contributed by atoms with E-state index in [4.69, 9.17) is 4.42 Å². The van der Waals surface area contributed by atoms with E-state index in [2.05, 4.69) is 112 Å². The lowest BCUT2D eigenvalue weighted by atomic mass is 9.62. The molecule has 3 aromatic carbocycles. The van der Waals surface area contributed by atoms with Crippen LogP contribution in [0.2, 0.25) is 0 Å². The molecule has 3 heteroatoms. The first-order valence-electron chi connectivity index (χ1n) is 17.7. The van der Waals surface area contributed by atoms with Gasteiger partial charge < -0.3 is 9.32 Å². The standard InChI is InChI=1S/C43H53NO2/c1-31-27-38-39(43(4,5)25-24-42(38,2)3)29-35(31)28-36-21-22-40(46-36)41(45)44(30-32-15-9-6-10-16-32)26-23-37(33-17-11-7-12-18-33)34-19-13-8-14-20-34/h7-8,11-14,17-22,27,29,32,37H,6,9-10,15-16,23-26,28,30H2,1-5H3. The minimum absolute atomic E-state index is 0.0294. The van der Waals surface area contributed by atoms with Crippen molar-refractivity contribution in [1.29, 1.82) is 0 Å². The largest absolute Gasteiger partial charge is 0.456 e. The van der Waals surface area contributed by atoms with Crippen molar-refractivity contribution in [2.45, 2.75) is 109 Å². The number of hydrogen-bond acceptors (Lipinski definition) is 2. The Morgan fingerprint density at radius 2 is 1.39 bits per heavy atom. The monoisotopic (exact) mass is 615 g/mol. The van der Waals surface area contributed by atoms with Crippen LogP contribution in [0.25, 0.3) is 0 Å². The third kappa shape index (κ3) is 7.19. The van der Waals surface area contributed by atoms with Crippen LogP contribution in [-0.4, -0.2) is 23.9 Å². The molecule has 1 fully saturated rings. The smallest absolute Gasteiger partial charge is 0.289 e. The summed E-state index contributed by atoms with van der Waals surface area (Å²) in [6.07, 6.45) is 10.2. The van der Waals surface area contributed by atoms with Crippen LogP contribution in [0.4, 0.5) is 0 Å². The molecular weight excluding hydrogens is 562 g/mol. The molecule has 0 N–H and O–H groups in total. The first kappa shape index (κ1) is 32.4. The van der Waals surface area contributed by atoms with Crippen molar-refractivity contribution in [1.82, 2.24) is 4.90 Å². The zero-order chi connectivity index (χ0) is 32.3. The Balaban J connectivity index is 1.23. The van der Waals surface area contributed by atoms with E-state index < -0.39 is 0 Å². The zero-order valence-corrected chi connectivity index (χ0v) is 28.8. The van der Waals surface area contributed by atoms with Gasteiger partial charge in [-0.25, -0.2) is 0 Å². The molecule has 0 atom stereocenters. The van der Waals surface area contributed by atoms with E-state index in [1.54, 1.807) is 0 Å². The normalized spacial score (nSPS) is 17.5. The fourth-order valence-electron chi connectivity index (χ4n) is 8.03. The molecule has 242 valence electrons. The number of amides is 1. The fraction of sp³-hybridized carbons (Fsp3) is 0.465. The molecule has 0 saturated heterocycles. The van der Waals surface area contributed by atoms with Crippen molar-refractivity contribution >= 4 is 5.91 Å². The lowest BCUT2D eigenvalue weighted by Gasteiger charge is -2.42. The molecule has 0 aliphatic heterocycles. The van der Waals surface area contributed by atoms with Gasteiger partial charge in [0.05, 0.1) is 0 Å². The Morgan fingerprint density at radius 1 is 0.804 bits per heavy atom. The number of aryl methyl sites for hydroxylation is 1. The summed E-state index contributed by atoms with van der Waals surface area (Å²) in [6, 6.07) is 30.3. The van der Waals surface area contributed by atoms with Crippen LogP contribution >= 0.6 is 0 Å². The van der Waals surface area contributed by atoms with Crippen LogP contribution in [0.1, 0.15) is 135 Å². The number of benzene rings is 3. The van der Waals surface area contributed by atoms with Gasteiger partial charge in [0.25, 0.3) is 5.91 Å². The number of furan rings is 1.